The van der Waals surface area contributed by atoms with Gasteiger partial charge in [-0.3, -0.25) is 0 Å². The van der Waals surface area contributed by atoms with Crippen LogP contribution < -0.4 is 21.1 Å². The average molecular weight is 554 g/mol. The van der Waals surface area contributed by atoms with Crippen LogP contribution in [0.5, 0.6) is 5.75 Å². The van der Waals surface area contributed by atoms with Crippen LogP contribution in [0.25, 0.3) is 5.52 Å². The van der Waals surface area contributed by atoms with E-state index in [4.69, 9.17) is 10.5 Å². The van der Waals surface area contributed by atoms with Crippen molar-refractivity contribution in [3.05, 3.63) is 41.7 Å². The summed E-state index contributed by atoms with van der Waals surface area (Å²) >= 11 is -0.304. The summed E-state index contributed by atoms with van der Waals surface area (Å²) in [5.41, 5.74) is 1.21. The number of aliphatic hydroxyl groups excluding tert-OH is 1. The molecule has 0 spiro atoms. The summed E-state index contributed by atoms with van der Waals surface area (Å²) in [6, 6.07) is 7.31. The van der Waals surface area contributed by atoms with Crippen LogP contribution in [-0.2, 0) is 0 Å². The first-order chi connectivity index (χ1) is 18.1. The van der Waals surface area contributed by atoms with Gasteiger partial charge in [0.1, 0.15) is 23.9 Å². The van der Waals surface area contributed by atoms with Gasteiger partial charge in [0.15, 0.2) is 11.6 Å². The number of nitrogens with one attached hydrogen (secondary N) is 2. The number of fused-ring (bicyclic) bond motifs is 1. The largest absolute Gasteiger partial charge is 0.493 e. The molecule has 9 nitrogen and oxygen atoms in total. The molecule has 38 heavy (non-hydrogen) atoms. The van der Waals surface area contributed by atoms with Gasteiger partial charge in [-0.25, -0.2) is 13.9 Å². The lowest BCUT2D eigenvalue weighted by molar-refractivity contribution is -0.0327. The minimum absolute atomic E-state index is 0.0122. The number of aliphatic hydroxyl groups is 1. The van der Waals surface area contributed by atoms with Crippen LogP contribution in [0.1, 0.15) is 24.0 Å². The number of rotatable bonds is 7. The second kappa shape index (κ2) is 11.6. The van der Waals surface area contributed by atoms with E-state index in [-0.39, 0.29) is 52.5 Å². The van der Waals surface area contributed by atoms with Gasteiger partial charge in [-0.1, -0.05) is 12.0 Å². The first-order valence-electron chi connectivity index (χ1n) is 11.6. The third-order valence-corrected chi connectivity index (χ3v) is 6.70. The molecule has 0 aliphatic carbocycles. The molecule has 0 saturated carbocycles. The SMILES string of the molecule is COc1ccc(C(N)O)nc1NCC#Cc1nn2c(N[C@@H]3CCN(C)C[C@@H]3F)cccc2c1SC(F)(F)F. The lowest BCUT2D eigenvalue weighted by Crippen LogP contribution is -2.46. The number of alkyl halides is 4. The number of ether oxygens (including phenoxy) is 1. The Bertz CT molecular complexity index is 1340. The second-order valence-corrected chi connectivity index (χ2v) is 9.71. The fourth-order valence-corrected chi connectivity index (χ4v) is 4.72. The minimum Gasteiger partial charge on any atom is -0.493 e. The number of aromatic nitrogens is 3. The Kier molecular flexibility index (Phi) is 8.51. The molecule has 5 N–H and O–H groups in total. The van der Waals surface area contributed by atoms with Gasteiger partial charge in [0.25, 0.3) is 0 Å². The van der Waals surface area contributed by atoms with E-state index in [0.717, 1.165) is 0 Å². The van der Waals surface area contributed by atoms with Crippen LogP contribution in [0, 0.1) is 11.8 Å². The van der Waals surface area contributed by atoms with Gasteiger partial charge in [0.05, 0.1) is 35.8 Å². The number of halogens is 4. The predicted molar refractivity (Wildman–Crippen MR) is 137 cm³/mol. The maximum Gasteiger partial charge on any atom is 0.446 e. The van der Waals surface area contributed by atoms with Gasteiger partial charge in [0.2, 0.25) is 0 Å². The van der Waals surface area contributed by atoms with Gasteiger partial charge in [-0.15, -0.1) is 0 Å². The number of piperidine rings is 1. The monoisotopic (exact) mass is 553 g/mol. The van der Waals surface area contributed by atoms with Crippen molar-refractivity contribution >= 4 is 28.9 Å². The molecule has 1 fully saturated rings. The first-order valence-corrected chi connectivity index (χ1v) is 12.5. The molecule has 1 saturated heterocycles. The number of anilines is 2. The Balaban J connectivity index is 1.62. The lowest BCUT2D eigenvalue weighted by atomic mass is 10.0. The van der Waals surface area contributed by atoms with Crippen LogP contribution >= 0.6 is 11.8 Å². The molecular formula is C24H27F4N7O2S. The number of thioether (sulfide) groups is 1. The Hall–Kier alpha value is -3.25. The van der Waals surface area contributed by atoms with Crippen LogP contribution in [0.3, 0.4) is 0 Å². The topological polar surface area (TPSA) is 113 Å². The van der Waals surface area contributed by atoms with Crippen molar-refractivity contribution in [3.8, 4) is 17.6 Å². The van der Waals surface area contributed by atoms with E-state index in [0.29, 0.717) is 24.5 Å². The standard InChI is InChI=1S/C24H27F4N7O2S/c1-34-12-10-15(14(25)13-34)31-20-7-3-6-18-21(38-24(26,27)28)16(33-35(18)20)5-4-11-30-23-19(37-2)9-8-17(32-23)22(29)36/h3,6-9,14-15,22,31,36H,10-13,29H2,1-2H3,(H,30,32)/t14-,15+,22?/m0/s1. The quantitative estimate of drug-likeness (QED) is 0.152. The molecular weight excluding hydrogens is 526 g/mol. The third-order valence-electron chi connectivity index (χ3n) is 5.86. The molecule has 204 valence electrons. The lowest BCUT2D eigenvalue weighted by Gasteiger charge is -2.33. The Morgan fingerprint density at radius 1 is 1.32 bits per heavy atom. The maximum absolute atomic E-state index is 14.6. The van der Waals surface area contributed by atoms with E-state index >= 15 is 0 Å². The van der Waals surface area contributed by atoms with Gasteiger partial charge in [-0.2, -0.15) is 18.3 Å². The van der Waals surface area contributed by atoms with Crippen molar-refractivity contribution in [2.75, 3.05) is 44.4 Å². The Morgan fingerprint density at radius 2 is 2.11 bits per heavy atom. The summed E-state index contributed by atoms with van der Waals surface area (Å²) in [5, 5.41) is 19.9. The highest BCUT2D eigenvalue weighted by Gasteiger charge is 2.33. The fraction of sp³-hybridized carbons (Fsp3) is 0.417. The van der Waals surface area contributed by atoms with Crippen LogP contribution in [0.2, 0.25) is 0 Å². The summed E-state index contributed by atoms with van der Waals surface area (Å²) in [7, 11) is 3.27. The summed E-state index contributed by atoms with van der Waals surface area (Å²) in [6.45, 7) is 0.943. The number of likely N-dealkylation sites (tertiary alicyclic amines) is 1. The van der Waals surface area contributed by atoms with Crippen LogP contribution in [0.4, 0.5) is 29.2 Å². The van der Waals surface area contributed by atoms with Crippen molar-refractivity contribution in [3.63, 3.8) is 0 Å². The molecule has 1 aliphatic rings. The number of methoxy groups -OCH3 is 1. The van der Waals surface area contributed by atoms with E-state index in [9.17, 15) is 22.7 Å². The smallest absolute Gasteiger partial charge is 0.446 e. The first kappa shape index (κ1) is 27.8. The van der Waals surface area contributed by atoms with E-state index in [1.807, 2.05) is 11.9 Å². The summed E-state index contributed by atoms with van der Waals surface area (Å²) < 4.78 is 61.4. The van der Waals surface area contributed by atoms with Crippen molar-refractivity contribution in [1.82, 2.24) is 19.5 Å². The zero-order valence-corrected chi connectivity index (χ0v) is 21.4. The van der Waals surface area contributed by atoms with Crippen molar-refractivity contribution in [1.29, 1.82) is 0 Å². The van der Waals surface area contributed by atoms with Crippen LogP contribution in [-0.4, -0.2) is 76.1 Å². The van der Waals surface area contributed by atoms with Crippen molar-refractivity contribution in [2.24, 2.45) is 5.73 Å². The van der Waals surface area contributed by atoms with Gasteiger partial charge < -0.3 is 31.1 Å². The number of pyridine rings is 2. The predicted octanol–water partition coefficient (Wildman–Crippen LogP) is 3.22. The molecule has 1 unspecified atom stereocenters. The molecule has 0 radical (unpaired) electrons. The molecule has 0 aromatic carbocycles. The molecule has 4 rings (SSSR count). The molecule has 3 aromatic rings. The normalized spacial score (nSPS) is 19.1. The highest BCUT2D eigenvalue weighted by molar-refractivity contribution is 8.00. The number of nitrogens with two attached hydrogens (primary N) is 1. The number of hydrogen-bond donors (Lipinski definition) is 4. The molecule has 3 aromatic heterocycles. The van der Waals surface area contributed by atoms with Crippen molar-refractivity contribution < 1.29 is 27.4 Å². The second-order valence-electron chi connectivity index (χ2n) is 8.64. The summed E-state index contributed by atoms with van der Waals surface area (Å²) in [4.78, 5) is 5.90. The van der Waals surface area contributed by atoms with Crippen LogP contribution in [0.15, 0.2) is 35.2 Å². The summed E-state index contributed by atoms with van der Waals surface area (Å²) in [5.74, 6) is 6.46. The Labute approximate surface area is 220 Å². The zero-order chi connectivity index (χ0) is 27.4. The third kappa shape index (κ3) is 6.60. The Morgan fingerprint density at radius 3 is 2.79 bits per heavy atom. The molecule has 1 aliphatic heterocycles. The number of hydrogen-bond acceptors (Lipinski definition) is 9. The number of nitrogens with zero attached hydrogens (tertiary/aromatic N) is 4. The van der Waals surface area contributed by atoms with E-state index < -0.39 is 23.9 Å². The van der Waals surface area contributed by atoms with Crippen molar-refractivity contribution in [2.45, 2.75) is 35.3 Å². The average Bonchev–Trinajstić information content (AvgIpc) is 3.20. The maximum atomic E-state index is 14.6. The van der Waals surface area contributed by atoms with E-state index in [1.165, 1.54) is 23.8 Å². The molecule has 14 heteroatoms. The highest BCUT2D eigenvalue weighted by Crippen LogP contribution is 2.41. The van der Waals surface area contributed by atoms with Gasteiger partial charge >= 0.3 is 5.51 Å². The minimum atomic E-state index is -4.57. The molecule has 4 heterocycles. The molecule has 0 bridgehead atoms. The summed E-state index contributed by atoms with van der Waals surface area (Å²) in [6.07, 6.45) is -1.89. The van der Waals surface area contributed by atoms with E-state index in [2.05, 4.69) is 32.6 Å². The highest BCUT2D eigenvalue weighted by atomic mass is 32.2. The zero-order valence-electron chi connectivity index (χ0n) is 20.6. The van der Waals surface area contributed by atoms with E-state index in [1.54, 1.807) is 18.2 Å². The van der Waals surface area contributed by atoms with Gasteiger partial charge in [-0.05, 0) is 55.4 Å². The fourth-order valence-electron chi connectivity index (χ4n) is 4.04. The molecule has 3 atom stereocenters. The van der Waals surface area contributed by atoms with Gasteiger partial charge in [0, 0.05) is 13.1 Å². The molecule has 0 amide bonds.